The summed E-state index contributed by atoms with van der Waals surface area (Å²) < 4.78 is 11.1. The summed E-state index contributed by atoms with van der Waals surface area (Å²) in [7, 11) is 2.58. The number of hydrogen-bond acceptors (Lipinski definition) is 7. The molecule has 0 saturated carbocycles. The van der Waals surface area contributed by atoms with Crippen molar-refractivity contribution < 1.29 is 19.1 Å². The molecule has 0 spiro atoms. The van der Waals surface area contributed by atoms with E-state index in [-0.39, 0.29) is 12.8 Å². The lowest BCUT2D eigenvalue weighted by atomic mass is 10.0. The van der Waals surface area contributed by atoms with Crippen molar-refractivity contribution in [2.75, 3.05) is 20.0 Å². The summed E-state index contributed by atoms with van der Waals surface area (Å²) in [6.07, 6.45) is 1.39. The van der Waals surface area contributed by atoms with Gasteiger partial charge in [0, 0.05) is 11.3 Å². The molecule has 0 aliphatic rings. The van der Waals surface area contributed by atoms with E-state index in [1.807, 2.05) is 30.3 Å². The van der Waals surface area contributed by atoms with Crippen LogP contribution in [0.3, 0.4) is 0 Å². The molecule has 0 unspecified atom stereocenters. The molecule has 1 aromatic carbocycles. The first-order valence-corrected chi connectivity index (χ1v) is 7.89. The molecule has 2 heterocycles. The number of esters is 2. The lowest BCUT2D eigenvalue weighted by Gasteiger charge is -2.12. The van der Waals surface area contributed by atoms with E-state index < -0.39 is 11.9 Å². The van der Waals surface area contributed by atoms with Gasteiger partial charge in [0.05, 0.1) is 50.0 Å². The molecule has 134 valence electrons. The van der Waals surface area contributed by atoms with Gasteiger partial charge < -0.3 is 15.2 Å². The molecule has 2 aromatic heterocycles. The summed E-state index contributed by atoms with van der Waals surface area (Å²) in [6, 6.07) is 9.42. The van der Waals surface area contributed by atoms with Gasteiger partial charge in [-0.2, -0.15) is 5.10 Å². The van der Waals surface area contributed by atoms with Crippen molar-refractivity contribution in [2.45, 2.75) is 12.8 Å². The maximum absolute atomic E-state index is 11.8. The van der Waals surface area contributed by atoms with E-state index in [1.165, 1.54) is 14.2 Å². The van der Waals surface area contributed by atoms with Gasteiger partial charge in [-0.3, -0.25) is 9.59 Å². The molecule has 0 amide bonds. The van der Waals surface area contributed by atoms with E-state index in [0.717, 1.165) is 5.69 Å². The number of para-hydroxylation sites is 1. The number of carbonyl (C=O) groups excluding carboxylic acids is 2. The minimum absolute atomic E-state index is 0.0892. The summed E-state index contributed by atoms with van der Waals surface area (Å²) in [5.41, 5.74) is 8.74. The van der Waals surface area contributed by atoms with Crippen molar-refractivity contribution in [3.63, 3.8) is 0 Å². The van der Waals surface area contributed by atoms with E-state index in [9.17, 15) is 9.59 Å². The molecular formula is C18H18N4O4. The predicted molar refractivity (Wildman–Crippen MR) is 94.7 cm³/mol. The number of benzene rings is 1. The molecule has 8 heteroatoms. The van der Waals surface area contributed by atoms with Crippen LogP contribution < -0.4 is 5.73 Å². The van der Waals surface area contributed by atoms with Crippen LogP contribution in [0.15, 0.2) is 36.5 Å². The molecule has 0 saturated heterocycles. The highest BCUT2D eigenvalue weighted by atomic mass is 16.5. The molecule has 26 heavy (non-hydrogen) atoms. The fourth-order valence-electron chi connectivity index (χ4n) is 2.68. The quantitative estimate of drug-likeness (QED) is 0.690. The lowest BCUT2D eigenvalue weighted by molar-refractivity contribution is -0.141. The van der Waals surface area contributed by atoms with Crippen molar-refractivity contribution in [1.29, 1.82) is 0 Å². The van der Waals surface area contributed by atoms with E-state index in [2.05, 4.69) is 10.1 Å². The van der Waals surface area contributed by atoms with Crippen LogP contribution in [0.4, 0.5) is 5.69 Å². The van der Waals surface area contributed by atoms with Crippen LogP contribution in [-0.2, 0) is 31.9 Å². The van der Waals surface area contributed by atoms with Crippen LogP contribution in [0.1, 0.15) is 11.3 Å². The Morgan fingerprint density at radius 3 is 2.38 bits per heavy atom. The van der Waals surface area contributed by atoms with Crippen molar-refractivity contribution >= 4 is 28.7 Å². The summed E-state index contributed by atoms with van der Waals surface area (Å²) in [4.78, 5) is 28.1. The Labute approximate surface area is 149 Å². The number of nitrogens with zero attached hydrogens (tertiary/aromatic N) is 3. The zero-order valence-electron chi connectivity index (χ0n) is 14.4. The number of fused-ring (bicyclic) bond motifs is 1. The van der Waals surface area contributed by atoms with Gasteiger partial charge in [0.15, 0.2) is 5.65 Å². The molecule has 0 aliphatic heterocycles. The topological polar surface area (TPSA) is 109 Å². The predicted octanol–water partition coefficient (Wildman–Crippen LogP) is 1.43. The molecule has 0 radical (unpaired) electrons. The first kappa shape index (κ1) is 17.4. The average Bonchev–Trinajstić information content (AvgIpc) is 3.09. The number of ether oxygens (including phenoxy) is 2. The molecule has 0 fully saturated rings. The maximum Gasteiger partial charge on any atom is 0.311 e. The Morgan fingerprint density at radius 1 is 1.08 bits per heavy atom. The highest BCUT2D eigenvalue weighted by Gasteiger charge is 2.21. The smallest absolute Gasteiger partial charge is 0.311 e. The summed E-state index contributed by atoms with van der Waals surface area (Å²) in [5.74, 6) is -0.951. The van der Waals surface area contributed by atoms with Crippen LogP contribution in [0.2, 0.25) is 0 Å². The van der Waals surface area contributed by atoms with E-state index >= 15 is 0 Å². The SMILES string of the molecule is COC(=O)Cc1nc2c(cnn2-c2ccccc2)c(N)c1CC(=O)OC. The van der Waals surface area contributed by atoms with Crippen LogP contribution in [0.5, 0.6) is 0 Å². The van der Waals surface area contributed by atoms with E-state index in [0.29, 0.717) is 28.0 Å². The molecule has 0 atom stereocenters. The zero-order chi connectivity index (χ0) is 18.7. The number of nitrogens with two attached hydrogens (primary N) is 1. The van der Waals surface area contributed by atoms with Gasteiger partial charge in [0.2, 0.25) is 0 Å². The fraction of sp³-hybridized carbons (Fsp3) is 0.222. The Bertz CT molecular complexity index is 966. The Hall–Kier alpha value is -3.42. The Kier molecular flexibility index (Phi) is 4.83. The highest BCUT2D eigenvalue weighted by Crippen LogP contribution is 2.28. The van der Waals surface area contributed by atoms with Gasteiger partial charge >= 0.3 is 11.9 Å². The van der Waals surface area contributed by atoms with Gasteiger partial charge in [0.25, 0.3) is 0 Å². The van der Waals surface area contributed by atoms with Crippen molar-refractivity contribution in [3.05, 3.63) is 47.8 Å². The monoisotopic (exact) mass is 354 g/mol. The Balaban J connectivity index is 2.20. The van der Waals surface area contributed by atoms with E-state index in [1.54, 1.807) is 10.9 Å². The van der Waals surface area contributed by atoms with Crippen LogP contribution in [0.25, 0.3) is 16.7 Å². The third-order valence-electron chi connectivity index (χ3n) is 4.04. The van der Waals surface area contributed by atoms with Crippen LogP contribution in [0, 0.1) is 0 Å². The van der Waals surface area contributed by atoms with Crippen LogP contribution >= 0.6 is 0 Å². The first-order valence-electron chi connectivity index (χ1n) is 7.89. The summed E-state index contributed by atoms with van der Waals surface area (Å²) in [6.45, 7) is 0. The number of pyridine rings is 1. The second kappa shape index (κ2) is 7.22. The number of anilines is 1. The Morgan fingerprint density at radius 2 is 1.73 bits per heavy atom. The molecule has 3 rings (SSSR count). The van der Waals surface area contributed by atoms with Crippen molar-refractivity contribution in [1.82, 2.24) is 14.8 Å². The molecule has 0 aliphatic carbocycles. The van der Waals surface area contributed by atoms with Gasteiger partial charge in [-0.25, -0.2) is 9.67 Å². The number of carbonyl (C=O) groups is 2. The first-order chi connectivity index (χ1) is 12.5. The van der Waals surface area contributed by atoms with Crippen molar-refractivity contribution in [2.24, 2.45) is 0 Å². The normalized spacial score (nSPS) is 10.7. The molecule has 0 bridgehead atoms. The standard InChI is InChI=1S/C18H18N4O4/c1-25-15(23)8-12-14(9-16(24)26-2)21-18-13(17(12)19)10-20-22(18)11-6-4-3-5-7-11/h3-7,10H,8-9H2,1-2H3,(H2,19,21). The molecular weight excluding hydrogens is 336 g/mol. The lowest BCUT2D eigenvalue weighted by Crippen LogP contribution is -2.15. The number of rotatable bonds is 5. The van der Waals surface area contributed by atoms with Gasteiger partial charge in [-0.15, -0.1) is 0 Å². The summed E-state index contributed by atoms with van der Waals surface area (Å²) in [5, 5.41) is 4.95. The number of methoxy groups -OCH3 is 2. The molecule has 3 aromatic rings. The van der Waals surface area contributed by atoms with Crippen molar-refractivity contribution in [3.8, 4) is 5.69 Å². The van der Waals surface area contributed by atoms with Crippen LogP contribution in [-0.4, -0.2) is 40.9 Å². The molecule has 2 N–H and O–H groups in total. The minimum atomic E-state index is -0.479. The fourth-order valence-corrected chi connectivity index (χ4v) is 2.68. The average molecular weight is 354 g/mol. The third-order valence-corrected chi connectivity index (χ3v) is 4.04. The van der Waals surface area contributed by atoms with Gasteiger partial charge in [0.1, 0.15) is 0 Å². The number of aromatic nitrogens is 3. The second-order valence-corrected chi connectivity index (χ2v) is 5.59. The largest absolute Gasteiger partial charge is 0.469 e. The third kappa shape index (κ3) is 3.21. The highest BCUT2D eigenvalue weighted by molar-refractivity contribution is 5.93. The van der Waals surface area contributed by atoms with Gasteiger partial charge in [-0.05, 0) is 12.1 Å². The number of nitrogen functional groups attached to an aromatic ring is 1. The van der Waals surface area contributed by atoms with E-state index in [4.69, 9.17) is 15.2 Å². The number of hydrogen-bond donors (Lipinski definition) is 1. The van der Waals surface area contributed by atoms with Gasteiger partial charge in [-0.1, -0.05) is 18.2 Å². The molecule has 8 nitrogen and oxygen atoms in total. The second-order valence-electron chi connectivity index (χ2n) is 5.59. The summed E-state index contributed by atoms with van der Waals surface area (Å²) >= 11 is 0. The zero-order valence-corrected chi connectivity index (χ0v) is 14.4. The minimum Gasteiger partial charge on any atom is -0.469 e. The maximum atomic E-state index is 11.8.